The molecule has 0 saturated heterocycles. The van der Waals surface area contributed by atoms with Crippen LogP contribution in [0.1, 0.15) is 46.0 Å². The monoisotopic (exact) mass is 167 g/mol. The number of hydrogen-bond donors (Lipinski definition) is 1. The first kappa shape index (κ1) is 9.79. The topological polar surface area (TPSA) is 26.0 Å². The molecule has 1 unspecified atom stereocenters. The summed E-state index contributed by atoms with van der Waals surface area (Å²) in [5, 5.41) is 0. The van der Waals surface area contributed by atoms with Crippen molar-refractivity contribution in [2.24, 2.45) is 11.7 Å². The van der Waals surface area contributed by atoms with E-state index in [1.165, 1.54) is 32.1 Å². The number of allylic oxidation sites excluding steroid dienone is 2. The molecule has 0 heterocycles. The molecule has 1 saturated carbocycles. The standard InChI is InChI=1S/C11H21N/c1-3-9(2)8-10-4-6-11(12)7-5-10/h8-9,11H,3-7,12H2,1-2H3. The fraction of sp³-hybridized carbons (Fsp3) is 0.818. The molecule has 0 aromatic heterocycles. The minimum absolute atomic E-state index is 0.471. The molecule has 0 spiro atoms. The first-order valence-electron chi connectivity index (χ1n) is 5.17. The summed E-state index contributed by atoms with van der Waals surface area (Å²) in [6, 6.07) is 0.471. The van der Waals surface area contributed by atoms with Crippen LogP contribution in [0.15, 0.2) is 11.6 Å². The van der Waals surface area contributed by atoms with E-state index < -0.39 is 0 Å². The second-order valence-electron chi connectivity index (χ2n) is 4.05. The van der Waals surface area contributed by atoms with Crippen molar-refractivity contribution in [2.45, 2.75) is 52.0 Å². The van der Waals surface area contributed by atoms with E-state index in [1.54, 1.807) is 5.57 Å². The van der Waals surface area contributed by atoms with Gasteiger partial charge in [0.1, 0.15) is 0 Å². The van der Waals surface area contributed by atoms with E-state index in [4.69, 9.17) is 5.73 Å². The van der Waals surface area contributed by atoms with E-state index in [2.05, 4.69) is 19.9 Å². The van der Waals surface area contributed by atoms with Crippen molar-refractivity contribution in [3.63, 3.8) is 0 Å². The van der Waals surface area contributed by atoms with Gasteiger partial charge in [0.2, 0.25) is 0 Å². The van der Waals surface area contributed by atoms with Crippen molar-refractivity contribution in [1.29, 1.82) is 0 Å². The second kappa shape index (κ2) is 4.66. The summed E-state index contributed by atoms with van der Waals surface area (Å²) in [5.41, 5.74) is 7.48. The highest BCUT2D eigenvalue weighted by Crippen LogP contribution is 2.24. The normalized spacial score (nSPS) is 26.9. The molecular weight excluding hydrogens is 146 g/mol. The maximum Gasteiger partial charge on any atom is 0.00449 e. The van der Waals surface area contributed by atoms with Crippen molar-refractivity contribution in [1.82, 2.24) is 0 Å². The Morgan fingerprint density at radius 1 is 1.50 bits per heavy atom. The van der Waals surface area contributed by atoms with Crippen LogP contribution in [0.2, 0.25) is 0 Å². The highest BCUT2D eigenvalue weighted by molar-refractivity contribution is 5.07. The van der Waals surface area contributed by atoms with Crippen LogP contribution in [0.25, 0.3) is 0 Å². The molecule has 1 heteroatoms. The summed E-state index contributed by atoms with van der Waals surface area (Å²) < 4.78 is 0. The van der Waals surface area contributed by atoms with Gasteiger partial charge in [-0.2, -0.15) is 0 Å². The van der Waals surface area contributed by atoms with Gasteiger partial charge in [-0.3, -0.25) is 0 Å². The van der Waals surface area contributed by atoms with Crippen LogP contribution >= 0.6 is 0 Å². The van der Waals surface area contributed by atoms with Crippen LogP contribution in [0, 0.1) is 5.92 Å². The summed E-state index contributed by atoms with van der Waals surface area (Å²) in [6.07, 6.45) is 8.59. The Labute approximate surface area is 76.0 Å². The zero-order valence-electron chi connectivity index (χ0n) is 8.34. The highest BCUT2D eigenvalue weighted by Gasteiger charge is 2.12. The third-order valence-corrected chi connectivity index (χ3v) is 2.84. The van der Waals surface area contributed by atoms with E-state index in [-0.39, 0.29) is 0 Å². The minimum Gasteiger partial charge on any atom is -0.328 e. The lowest BCUT2D eigenvalue weighted by Crippen LogP contribution is -2.23. The lowest BCUT2D eigenvalue weighted by Gasteiger charge is -2.21. The summed E-state index contributed by atoms with van der Waals surface area (Å²) in [7, 11) is 0. The van der Waals surface area contributed by atoms with Gasteiger partial charge in [-0.25, -0.2) is 0 Å². The number of nitrogens with two attached hydrogens (primary N) is 1. The predicted octanol–water partition coefficient (Wildman–Crippen LogP) is 2.86. The van der Waals surface area contributed by atoms with Crippen molar-refractivity contribution < 1.29 is 0 Å². The van der Waals surface area contributed by atoms with Crippen molar-refractivity contribution in [3.8, 4) is 0 Å². The summed E-state index contributed by atoms with van der Waals surface area (Å²) in [6.45, 7) is 4.54. The zero-order chi connectivity index (χ0) is 8.97. The Hall–Kier alpha value is -0.300. The van der Waals surface area contributed by atoms with Crippen LogP contribution in [-0.4, -0.2) is 6.04 Å². The Morgan fingerprint density at radius 2 is 2.08 bits per heavy atom. The largest absolute Gasteiger partial charge is 0.328 e. The Balaban J connectivity index is 2.38. The van der Waals surface area contributed by atoms with E-state index in [9.17, 15) is 0 Å². The average Bonchev–Trinajstić information content (AvgIpc) is 2.09. The van der Waals surface area contributed by atoms with Gasteiger partial charge in [0.15, 0.2) is 0 Å². The summed E-state index contributed by atoms with van der Waals surface area (Å²) >= 11 is 0. The van der Waals surface area contributed by atoms with Gasteiger partial charge >= 0.3 is 0 Å². The first-order valence-corrected chi connectivity index (χ1v) is 5.17. The van der Waals surface area contributed by atoms with Crippen LogP contribution < -0.4 is 5.73 Å². The molecule has 0 amide bonds. The van der Waals surface area contributed by atoms with E-state index in [1.807, 2.05) is 0 Å². The molecule has 1 rings (SSSR count). The third-order valence-electron chi connectivity index (χ3n) is 2.84. The van der Waals surface area contributed by atoms with Gasteiger partial charge in [-0.1, -0.05) is 31.9 Å². The molecule has 1 aliphatic carbocycles. The highest BCUT2D eigenvalue weighted by atomic mass is 14.6. The maximum atomic E-state index is 5.83. The zero-order valence-corrected chi connectivity index (χ0v) is 8.34. The molecule has 0 radical (unpaired) electrons. The second-order valence-corrected chi connectivity index (χ2v) is 4.05. The van der Waals surface area contributed by atoms with Gasteiger partial charge in [0.25, 0.3) is 0 Å². The van der Waals surface area contributed by atoms with Gasteiger partial charge < -0.3 is 5.73 Å². The molecule has 70 valence electrons. The molecular formula is C11H21N. The molecule has 1 fully saturated rings. The van der Waals surface area contributed by atoms with Crippen molar-refractivity contribution >= 4 is 0 Å². The quantitative estimate of drug-likeness (QED) is 0.629. The van der Waals surface area contributed by atoms with Crippen molar-refractivity contribution in [2.75, 3.05) is 0 Å². The SMILES string of the molecule is CCC(C)C=C1CCC(N)CC1. The van der Waals surface area contributed by atoms with E-state index >= 15 is 0 Å². The Bertz CT molecular complexity index is 150. The molecule has 1 aliphatic rings. The lowest BCUT2D eigenvalue weighted by atomic mass is 9.89. The molecule has 1 atom stereocenters. The Morgan fingerprint density at radius 3 is 2.58 bits per heavy atom. The smallest absolute Gasteiger partial charge is 0.00449 e. The van der Waals surface area contributed by atoms with Crippen LogP contribution in [0.5, 0.6) is 0 Å². The average molecular weight is 167 g/mol. The van der Waals surface area contributed by atoms with Crippen LogP contribution in [0.3, 0.4) is 0 Å². The van der Waals surface area contributed by atoms with E-state index in [0.29, 0.717) is 6.04 Å². The predicted molar refractivity (Wildman–Crippen MR) is 54.0 cm³/mol. The lowest BCUT2D eigenvalue weighted by molar-refractivity contribution is 0.505. The molecule has 0 aromatic rings. The molecule has 12 heavy (non-hydrogen) atoms. The molecule has 0 aliphatic heterocycles. The fourth-order valence-electron chi connectivity index (χ4n) is 1.70. The molecule has 0 aromatic carbocycles. The molecule has 2 N–H and O–H groups in total. The first-order chi connectivity index (χ1) is 5.72. The summed E-state index contributed by atoms with van der Waals surface area (Å²) in [4.78, 5) is 0. The Kier molecular flexibility index (Phi) is 3.80. The van der Waals surface area contributed by atoms with Gasteiger partial charge in [0.05, 0.1) is 0 Å². The van der Waals surface area contributed by atoms with Crippen LogP contribution in [-0.2, 0) is 0 Å². The minimum atomic E-state index is 0.471. The number of rotatable bonds is 2. The fourth-order valence-corrected chi connectivity index (χ4v) is 1.70. The van der Waals surface area contributed by atoms with Crippen LogP contribution in [0.4, 0.5) is 0 Å². The maximum absolute atomic E-state index is 5.83. The summed E-state index contributed by atoms with van der Waals surface area (Å²) in [5.74, 6) is 0.759. The number of hydrogen-bond acceptors (Lipinski definition) is 1. The van der Waals surface area contributed by atoms with E-state index in [0.717, 1.165) is 5.92 Å². The molecule has 0 bridgehead atoms. The van der Waals surface area contributed by atoms with Crippen molar-refractivity contribution in [3.05, 3.63) is 11.6 Å². The van der Waals surface area contributed by atoms with Gasteiger partial charge in [-0.05, 0) is 31.6 Å². The third kappa shape index (κ3) is 2.98. The van der Waals surface area contributed by atoms with Gasteiger partial charge in [-0.15, -0.1) is 0 Å². The van der Waals surface area contributed by atoms with Gasteiger partial charge in [0, 0.05) is 6.04 Å². The molecule has 1 nitrogen and oxygen atoms in total.